The van der Waals surface area contributed by atoms with Crippen LogP contribution in [0.2, 0.25) is 0 Å². The van der Waals surface area contributed by atoms with E-state index in [1.54, 1.807) is 13.2 Å². The number of anilines is 2. The fraction of sp³-hybridized carbons (Fsp3) is 0.364. The van der Waals surface area contributed by atoms with E-state index in [1.807, 2.05) is 36.4 Å². The Morgan fingerprint density at radius 2 is 1.56 bits per heavy atom. The highest BCUT2D eigenvalue weighted by atomic mass is 16.5. The van der Waals surface area contributed by atoms with Gasteiger partial charge in [-0.1, -0.05) is 38.1 Å². The molecule has 2 N–H and O–H groups in total. The average Bonchev–Trinajstić information content (AvgIpc) is 3.49. The summed E-state index contributed by atoms with van der Waals surface area (Å²) < 4.78 is 5.17. The number of hydrogen-bond acceptors (Lipinski definition) is 3. The van der Waals surface area contributed by atoms with Crippen molar-refractivity contribution in [3.05, 3.63) is 53.6 Å². The quantitative estimate of drug-likeness (QED) is 0.777. The molecule has 0 bridgehead atoms. The fourth-order valence-corrected chi connectivity index (χ4v) is 3.33. The van der Waals surface area contributed by atoms with Crippen molar-refractivity contribution >= 4 is 23.2 Å². The van der Waals surface area contributed by atoms with Gasteiger partial charge in [0.25, 0.3) is 0 Å². The highest BCUT2D eigenvalue weighted by Gasteiger charge is 2.48. The van der Waals surface area contributed by atoms with Crippen LogP contribution in [-0.4, -0.2) is 18.9 Å². The van der Waals surface area contributed by atoms with Crippen LogP contribution in [0.25, 0.3) is 0 Å². The van der Waals surface area contributed by atoms with E-state index in [1.165, 1.54) is 0 Å². The number of para-hydroxylation sites is 1. The average molecular weight is 366 g/mol. The first-order valence-corrected chi connectivity index (χ1v) is 9.43. The standard InChI is InChI=1S/C22H26N2O3/c1-4-14-8-6-9-15(5-2)20(14)24-22(26)19-13-18(19)21(25)23-16-10-7-11-17(12-16)27-3/h6-12,18-19H,4-5,13H2,1-3H3,(H,23,25)(H,24,26). The van der Waals surface area contributed by atoms with Crippen molar-refractivity contribution in [1.82, 2.24) is 0 Å². The SMILES string of the molecule is CCc1cccc(CC)c1NC(=O)C1CC1C(=O)Nc1cccc(OC)c1. The van der Waals surface area contributed by atoms with Crippen LogP contribution in [0, 0.1) is 11.8 Å². The van der Waals surface area contributed by atoms with Gasteiger partial charge in [0, 0.05) is 17.4 Å². The summed E-state index contributed by atoms with van der Waals surface area (Å²) in [5.41, 5.74) is 3.84. The molecule has 3 rings (SSSR count). The fourth-order valence-electron chi connectivity index (χ4n) is 3.33. The molecule has 27 heavy (non-hydrogen) atoms. The van der Waals surface area contributed by atoms with Crippen LogP contribution in [0.1, 0.15) is 31.4 Å². The molecule has 5 heteroatoms. The molecule has 0 spiro atoms. The predicted octanol–water partition coefficient (Wildman–Crippen LogP) is 4.03. The van der Waals surface area contributed by atoms with Crippen LogP contribution in [-0.2, 0) is 22.4 Å². The van der Waals surface area contributed by atoms with Gasteiger partial charge in [-0.2, -0.15) is 0 Å². The zero-order chi connectivity index (χ0) is 19.4. The zero-order valence-corrected chi connectivity index (χ0v) is 16.0. The lowest BCUT2D eigenvalue weighted by molar-refractivity contribution is -0.122. The monoisotopic (exact) mass is 366 g/mol. The van der Waals surface area contributed by atoms with Crippen molar-refractivity contribution in [2.75, 3.05) is 17.7 Å². The van der Waals surface area contributed by atoms with Gasteiger partial charge < -0.3 is 15.4 Å². The van der Waals surface area contributed by atoms with Gasteiger partial charge in [0.1, 0.15) is 5.75 Å². The lowest BCUT2D eigenvalue weighted by atomic mass is 10.0. The first-order valence-electron chi connectivity index (χ1n) is 9.43. The van der Waals surface area contributed by atoms with Crippen molar-refractivity contribution in [2.45, 2.75) is 33.1 Å². The molecule has 1 aliphatic carbocycles. The largest absolute Gasteiger partial charge is 0.497 e. The Bertz CT molecular complexity index is 825. The molecule has 0 heterocycles. The predicted molar refractivity (Wildman–Crippen MR) is 107 cm³/mol. The lowest BCUT2D eigenvalue weighted by Gasteiger charge is -2.14. The van der Waals surface area contributed by atoms with Crippen LogP contribution >= 0.6 is 0 Å². The molecule has 1 fully saturated rings. The minimum atomic E-state index is -0.282. The van der Waals surface area contributed by atoms with Gasteiger partial charge in [-0.15, -0.1) is 0 Å². The molecule has 0 saturated heterocycles. The molecule has 2 aromatic carbocycles. The van der Waals surface area contributed by atoms with Crippen LogP contribution in [0.15, 0.2) is 42.5 Å². The molecule has 1 aliphatic rings. The van der Waals surface area contributed by atoms with Crippen molar-refractivity contribution in [2.24, 2.45) is 11.8 Å². The number of amides is 2. The molecule has 0 radical (unpaired) electrons. The van der Waals surface area contributed by atoms with Crippen LogP contribution in [0.4, 0.5) is 11.4 Å². The maximum absolute atomic E-state index is 12.7. The van der Waals surface area contributed by atoms with Crippen molar-refractivity contribution in [1.29, 1.82) is 0 Å². The van der Waals surface area contributed by atoms with Crippen molar-refractivity contribution in [3.8, 4) is 5.75 Å². The lowest BCUT2D eigenvalue weighted by Crippen LogP contribution is -2.21. The molecular weight excluding hydrogens is 340 g/mol. The van der Waals surface area contributed by atoms with Gasteiger partial charge in [-0.05, 0) is 42.5 Å². The van der Waals surface area contributed by atoms with Gasteiger partial charge in [0.2, 0.25) is 11.8 Å². The number of aryl methyl sites for hydroxylation is 2. The van der Waals surface area contributed by atoms with E-state index in [9.17, 15) is 9.59 Å². The number of nitrogens with one attached hydrogen (secondary N) is 2. The van der Waals surface area contributed by atoms with E-state index in [0.29, 0.717) is 17.9 Å². The van der Waals surface area contributed by atoms with E-state index >= 15 is 0 Å². The first kappa shape index (κ1) is 19.0. The molecule has 2 aromatic rings. The molecule has 2 unspecified atom stereocenters. The molecule has 0 aliphatic heterocycles. The number of ether oxygens (including phenoxy) is 1. The Labute approximate surface area is 160 Å². The third kappa shape index (κ3) is 4.30. The normalized spacial score (nSPS) is 17.9. The van der Waals surface area contributed by atoms with E-state index in [-0.39, 0.29) is 23.7 Å². The number of rotatable bonds is 7. The van der Waals surface area contributed by atoms with E-state index < -0.39 is 0 Å². The summed E-state index contributed by atoms with van der Waals surface area (Å²) >= 11 is 0. The van der Waals surface area contributed by atoms with E-state index in [4.69, 9.17) is 4.74 Å². The first-order chi connectivity index (χ1) is 13.1. The molecular formula is C22H26N2O3. The summed E-state index contributed by atoms with van der Waals surface area (Å²) in [6, 6.07) is 13.3. The highest BCUT2D eigenvalue weighted by molar-refractivity contribution is 6.03. The molecule has 1 saturated carbocycles. The smallest absolute Gasteiger partial charge is 0.228 e. The summed E-state index contributed by atoms with van der Waals surface area (Å²) in [4.78, 5) is 25.1. The molecule has 142 valence electrons. The van der Waals surface area contributed by atoms with Gasteiger partial charge in [-0.3, -0.25) is 9.59 Å². The highest BCUT2D eigenvalue weighted by Crippen LogP contribution is 2.41. The second-order valence-corrected chi connectivity index (χ2v) is 6.82. The third-order valence-electron chi connectivity index (χ3n) is 5.05. The summed E-state index contributed by atoms with van der Waals surface area (Å²) in [5.74, 6) is -0.0688. The Kier molecular flexibility index (Phi) is 5.79. The van der Waals surface area contributed by atoms with E-state index in [2.05, 4.69) is 24.5 Å². The number of methoxy groups -OCH3 is 1. The number of carbonyl (C=O) groups excluding carboxylic acids is 2. The maximum Gasteiger partial charge on any atom is 0.228 e. The van der Waals surface area contributed by atoms with Crippen LogP contribution in [0.3, 0.4) is 0 Å². The van der Waals surface area contributed by atoms with E-state index in [0.717, 1.165) is 29.7 Å². The number of carbonyl (C=O) groups is 2. The van der Waals surface area contributed by atoms with Gasteiger partial charge >= 0.3 is 0 Å². The maximum atomic E-state index is 12.7. The van der Waals surface area contributed by atoms with Crippen molar-refractivity contribution < 1.29 is 14.3 Å². The Morgan fingerprint density at radius 1 is 0.963 bits per heavy atom. The summed E-state index contributed by atoms with van der Waals surface area (Å²) in [6.07, 6.45) is 2.29. The third-order valence-corrected chi connectivity index (χ3v) is 5.05. The Morgan fingerprint density at radius 3 is 2.15 bits per heavy atom. The summed E-state index contributed by atoms with van der Waals surface area (Å²) in [7, 11) is 1.58. The molecule has 0 aromatic heterocycles. The second-order valence-electron chi connectivity index (χ2n) is 6.82. The molecule has 5 nitrogen and oxygen atoms in total. The van der Waals surface area contributed by atoms with Crippen LogP contribution in [0.5, 0.6) is 5.75 Å². The minimum Gasteiger partial charge on any atom is -0.497 e. The Hall–Kier alpha value is -2.82. The topological polar surface area (TPSA) is 67.4 Å². The molecule has 2 amide bonds. The van der Waals surface area contributed by atoms with Crippen molar-refractivity contribution in [3.63, 3.8) is 0 Å². The molecule has 2 atom stereocenters. The zero-order valence-electron chi connectivity index (χ0n) is 16.0. The number of hydrogen-bond donors (Lipinski definition) is 2. The summed E-state index contributed by atoms with van der Waals surface area (Å²) in [5, 5.41) is 5.94. The van der Waals surface area contributed by atoms with Crippen LogP contribution < -0.4 is 15.4 Å². The second kappa shape index (κ2) is 8.25. The number of benzene rings is 2. The summed E-state index contributed by atoms with van der Waals surface area (Å²) in [6.45, 7) is 4.15. The van der Waals surface area contributed by atoms with Gasteiger partial charge in [0.15, 0.2) is 0 Å². The van der Waals surface area contributed by atoms with Gasteiger partial charge in [-0.25, -0.2) is 0 Å². The Balaban J connectivity index is 1.63. The minimum absolute atomic E-state index is 0.0728. The van der Waals surface area contributed by atoms with Gasteiger partial charge in [0.05, 0.1) is 18.9 Å².